The molecular formula is C16H23FN4O2. The SMILES string of the molecule is CN1CCN(C(=O)N2CCC(Oc3cccc(F)n3)CC2)CC1. The molecule has 3 rings (SSSR count). The lowest BCUT2D eigenvalue weighted by atomic mass is 10.1. The number of likely N-dealkylation sites (N-methyl/N-ethyl adjacent to an activating group) is 1. The van der Waals surface area contributed by atoms with E-state index in [0.29, 0.717) is 19.0 Å². The first-order chi connectivity index (χ1) is 11.1. The lowest BCUT2D eigenvalue weighted by Gasteiger charge is -2.38. The number of halogens is 1. The second-order valence-corrected chi connectivity index (χ2v) is 6.18. The molecule has 23 heavy (non-hydrogen) atoms. The first-order valence-corrected chi connectivity index (χ1v) is 8.13. The Balaban J connectivity index is 1.47. The van der Waals surface area contributed by atoms with Gasteiger partial charge in [-0.15, -0.1) is 0 Å². The van der Waals surface area contributed by atoms with E-state index in [4.69, 9.17) is 4.74 Å². The summed E-state index contributed by atoms with van der Waals surface area (Å²) in [5.74, 6) is -0.223. The fourth-order valence-corrected chi connectivity index (χ4v) is 2.99. The van der Waals surface area contributed by atoms with Crippen molar-refractivity contribution in [1.82, 2.24) is 19.7 Å². The summed E-state index contributed by atoms with van der Waals surface area (Å²) in [6.45, 7) is 4.78. The number of rotatable bonds is 2. The smallest absolute Gasteiger partial charge is 0.320 e. The molecule has 1 aromatic rings. The number of carbonyl (C=O) groups excluding carboxylic acids is 1. The van der Waals surface area contributed by atoms with Crippen LogP contribution in [0.25, 0.3) is 0 Å². The van der Waals surface area contributed by atoms with E-state index in [-0.39, 0.29) is 12.1 Å². The van der Waals surface area contributed by atoms with Crippen molar-refractivity contribution in [2.75, 3.05) is 46.3 Å². The molecule has 0 N–H and O–H groups in total. The molecule has 0 aromatic carbocycles. The van der Waals surface area contributed by atoms with Crippen LogP contribution in [-0.2, 0) is 0 Å². The number of likely N-dealkylation sites (tertiary alicyclic amines) is 1. The maximum Gasteiger partial charge on any atom is 0.320 e. The highest BCUT2D eigenvalue weighted by Gasteiger charge is 2.28. The molecule has 0 radical (unpaired) electrons. The molecule has 2 saturated heterocycles. The van der Waals surface area contributed by atoms with Crippen LogP contribution in [0.5, 0.6) is 5.88 Å². The summed E-state index contributed by atoms with van der Waals surface area (Å²) < 4.78 is 18.8. The van der Waals surface area contributed by atoms with Gasteiger partial charge in [-0.05, 0) is 13.1 Å². The Morgan fingerprint density at radius 2 is 1.78 bits per heavy atom. The first kappa shape index (κ1) is 16.0. The second kappa shape index (κ2) is 7.12. The van der Waals surface area contributed by atoms with Crippen LogP contribution in [-0.4, -0.2) is 78.1 Å². The minimum Gasteiger partial charge on any atom is -0.474 e. The molecule has 7 heteroatoms. The molecule has 0 bridgehead atoms. The fourth-order valence-electron chi connectivity index (χ4n) is 2.99. The standard InChI is InChI=1S/C16H23FN4O2/c1-19-9-11-21(12-10-19)16(22)20-7-5-13(6-8-20)23-15-4-2-3-14(17)18-15/h2-4,13H,5-12H2,1H3. The molecule has 0 saturated carbocycles. The van der Waals surface area contributed by atoms with Crippen LogP contribution in [0.15, 0.2) is 18.2 Å². The van der Waals surface area contributed by atoms with Crippen LogP contribution in [0.4, 0.5) is 9.18 Å². The van der Waals surface area contributed by atoms with Gasteiger partial charge in [0.1, 0.15) is 6.10 Å². The van der Waals surface area contributed by atoms with Crippen molar-refractivity contribution < 1.29 is 13.9 Å². The Hall–Kier alpha value is -1.89. The number of amides is 2. The molecule has 2 aliphatic heterocycles. The lowest BCUT2D eigenvalue weighted by Crippen LogP contribution is -2.54. The number of urea groups is 1. The van der Waals surface area contributed by atoms with Gasteiger partial charge in [-0.25, -0.2) is 4.79 Å². The average Bonchev–Trinajstić information content (AvgIpc) is 2.56. The zero-order valence-electron chi connectivity index (χ0n) is 13.4. The van der Waals surface area contributed by atoms with Crippen LogP contribution in [0.3, 0.4) is 0 Å². The zero-order valence-corrected chi connectivity index (χ0v) is 13.4. The fraction of sp³-hybridized carbons (Fsp3) is 0.625. The quantitative estimate of drug-likeness (QED) is 0.773. The molecule has 3 heterocycles. The first-order valence-electron chi connectivity index (χ1n) is 8.13. The second-order valence-electron chi connectivity index (χ2n) is 6.18. The molecule has 2 amide bonds. The van der Waals surface area contributed by atoms with Crippen molar-refractivity contribution in [1.29, 1.82) is 0 Å². The third-order valence-corrected chi connectivity index (χ3v) is 4.46. The van der Waals surface area contributed by atoms with Gasteiger partial charge in [0.05, 0.1) is 0 Å². The van der Waals surface area contributed by atoms with Crippen molar-refractivity contribution in [3.05, 3.63) is 24.1 Å². The highest BCUT2D eigenvalue weighted by atomic mass is 19.1. The van der Waals surface area contributed by atoms with Crippen molar-refractivity contribution in [2.24, 2.45) is 0 Å². The molecule has 6 nitrogen and oxygen atoms in total. The maximum absolute atomic E-state index is 13.1. The third kappa shape index (κ3) is 4.10. The summed E-state index contributed by atoms with van der Waals surface area (Å²) in [5.41, 5.74) is 0. The van der Waals surface area contributed by atoms with E-state index in [1.165, 1.54) is 6.07 Å². The van der Waals surface area contributed by atoms with Crippen molar-refractivity contribution in [3.8, 4) is 5.88 Å². The number of aromatic nitrogens is 1. The molecule has 126 valence electrons. The molecule has 2 aliphatic rings. The Bertz CT molecular complexity index is 541. The Morgan fingerprint density at radius 3 is 2.43 bits per heavy atom. The van der Waals surface area contributed by atoms with E-state index in [0.717, 1.165) is 39.0 Å². The lowest BCUT2D eigenvalue weighted by molar-refractivity contribution is 0.0818. The number of ether oxygens (including phenoxy) is 1. The highest BCUT2D eigenvalue weighted by Crippen LogP contribution is 2.18. The number of nitrogens with zero attached hydrogens (tertiary/aromatic N) is 4. The van der Waals surface area contributed by atoms with Gasteiger partial charge in [0.25, 0.3) is 0 Å². The predicted molar refractivity (Wildman–Crippen MR) is 83.9 cm³/mol. The maximum atomic E-state index is 13.1. The Labute approximate surface area is 135 Å². The summed E-state index contributed by atoms with van der Waals surface area (Å²) in [6, 6.07) is 4.67. The minimum atomic E-state index is -0.537. The topological polar surface area (TPSA) is 48.9 Å². The molecule has 0 atom stereocenters. The summed E-state index contributed by atoms with van der Waals surface area (Å²) in [7, 11) is 2.07. The van der Waals surface area contributed by atoms with Crippen LogP contribution in [0, 0.1) is 5.95 Å². The molecule has 0 unspecified atom stereocenters. The van der Waals surface area contributed by atoms with E-state index < -0.39 is 5.95 Å². The van der Waals surface area contributed by atoms with Crippen LogP contribution < -0.4 is 4.74 Å². The van der Waals surface area contributed by atoms with Crippen LogP contribution in [0.1, 0.15) is 12.8 Å². The van der Waals surface area contributed by atoms with E-state index in [1.807, 2.05) is 9.80 Å². The molecule has 0 spiro atoms. The minimum absolute atomic E-state index is 0.0131. The van der Waals surface area contributed by atoms with Crippen LogP contribution in [0.2, 0.25) is 0 Å². The van der Waals surface area contributed by atoms with Gasteiger partial charge in [-0.1, -0.05) is 6.07 Å². The van der Waals surface area contributed by atoms with Gasteiger partial charge < -0.3 is 19.4 Å². The van der Waals surface area contributed by atoms with Gasteiger partial charge in [0, 0.05) is 58.2 Å². The Kier molecular flexibility index (Phi) is 4.95. The predicted octanol–water partition coefficient (Wildman–Crippen LogP) is 1.43. The Morgan fingerprint density at radius 1 is 1.13 bits per heavy atom. The van der Waals surface area contributed by atoms with E-state index in [9.17, 15) is 9.18 Å². The monoisotopic (exact) mass is 322 g/mol. The molecule has 1 aromatic heterocycles. The van der Waals surface area contributed by atoms with Gasteiger partial charge in [0.2, 0.25) is 11.8 Å². The summed E-state index contributed by atoms with van der Waals surface area (Å²) in [4.78, 5) is 22.3. The summed E-state index contributed by atoms with van der Waals surface area (Å²) in [5, 5.41) is 0. The van der Waals surface area contributed by atoms with E-state index >= 15 is 0 Å². The van der Waals surface area contributed by atoms with Gasteiger partial charge in [0.15, 0.2) is 0 Å². The molecule has 0 aliphatic carbocycles. The normalized spacial score (nSPS) is 20.6. The number of piperidine rings is 1. The number of pyridine rings is 1. The largest absolute Gasteiger partial charge is 0.474 e. The van der Waals surface area contributed by atoms with E-state index in [1.54, 1.807) is 12.1 Å². The third-order valence-electron chi connectivity index (χ3n) is 4.46. The number of hydrogen-bond donors (Lipinski definition) is 0. The van der Waals surface area contributed by atoms with Gasteiger partial charge in [-0.3, -0.25) is 0 Å². The van der Waals surface area contributed by atoms with E-state index in [2.05, 4.69) is 16.9 Å². The molecule has 2 fully saturated rings. The van der Waals surface area contributed by atoms with Gasteiger partial charge >= 0.3 is 6.03 Å². The zero-order chi connectivity index (χ0) is 16.2. The summed E-state index contributed by atoms with van der Waals surface area (Å²) >= 11 is 0. The van der Waals surface area contributed by atoms with Crippen molar-refractivity contribution >= 4 is 6.03 Å². The average molecular weight is 322 g/mol. The van der Waals surface area contributed by atoms with Crippen LogP contribution >= 0.6 is 0 Å². The number of hydrogen-bond acceptors (Lipinski definition) is 4. The summed E-state index contributed by atoms with van der Waals surface area (Å²) in [6.07, 6.45) is 1.48. The van der Waals surface area contributed by atoms with Crippen molar-refractivity contribution in [3.63, 3.8) is 0 Å². The highest BCUT2D eigenvalue weighted by molar-refractivity contribution is 5.74. The number of piperazine rings is 1. The van der Waals surface area contributed by atoms with Crippen molar-refractivity contribution in [2.45, 2.75) is 18.9 Å². The number of carbonyl (C=O) groups is 1. The van der Waals surface area contributed by atoms with Gasteiger partial charge in [-0.2, -0.15) is 9.37 Å². The molecular weight excluding hydrogens is 299 g/mol.